The van der Waals surface area contributed by atoms with Crippen LogP contribution in [0.4, 0.5) is 0 Å². The largest absolute Gasteiger partial charge is 0.176 e. The summed E-state index contributed by atoms with van der Waals surface area (Å²) >= 11 is 2.77. The highest BCUT2D eigenvalue weighted by atomic mass is 27.0. The second-order valence-electron chi connectivity index (χ2n) is 3.02. The Morgan fingerprint density at radius 2 is 1.58 bits per heavy atom. The Bertz CT molecular complexity index is 378. The molecule has 0 aliphatic heterocycles. The van der Waals surface area contributed by atoms with Crippen LogP contribution in [0.25, 0.3) is 10.8 Å². The van der Waals surface area contributed by atoms with Crippen LogP contribution < -0.4 is 4.43 Å². The molecular formula is C11H9Al. The van der Waals surface area contributed by atoms with Gasteiger partial charge in [-0.15, -0.1) is 4.43 Å². The van der Waals surface area contributed by atoms with Crippen LogP contribution in [0.15, 0.2) is 36.4 Å². The molecule has 0 bridgehead atoms. The van der Waals surface area contributed by atoms with Crippen molar-refractivity contribution in [1.29, 1.82) is 0 Å². The van der Waals surface area contributed by atoms with Gasteiger partial charge in [0.2, 0.25) is 0 Å². The molecule has 2 rings (SSSR count). The monoisotopic (exact) mass is 168 g/mol. The normalized spacial score (nSPS) is 10.4. The first-order valence-electron chi connectivity index (χ1n) is 4.03. The molecule has 0 spiro atoms. The minimum absolute atomic E-state index is 1.27. The Balaban J connectivity index is 2.95. The third-order valence-electron chi connectivity index (χ3n) is 2.18. The van der Waals surface area contributed by atoms with E-state index in [2.05, 4.69) is 59.6 Å². The molecule has 0 N–H and O–H groups in total. The zero-order chi connectivity index (χ0) is 8.55. The Kier molecular flexibility index (Phi) is 1.92. The summed E-state index contributed by atoms with van der Waals surface area (Å²) in [6, 6.07) is 12.8. The summed E-state index contributed by atoms with van der Waals surface area (Å²) in [5.74, 6) is 0. The second-order valence-corrected chi connectivity index (χ2v) is 3.64. The standard InChI is InChI=1S/C11H9.Al/c1-9-5-4-7-10-6-2-3-8-11(9)10;/h2-6,8H,1H3;. The van der Waals surface area contributed by atoms with Crippen molar-refractivity contribution in [3.05, 3.63) is 42.0 Å². The molecule has 0 unspecified atom stereocenters. The van der Waals surface area contributed by atoms with Crippen LogP contribution in [0.2, 0.25) is 0 Å². The predicted molar refractivity (Wildman–Crippen MR) is 54.1 cm³/mol. The minimum Gasteiger partial charge on any atom is -0.131 e. The van der Waals surface area contributed by atoms with E-state index >= 15 is 0 Å². The zero-order valence-corrected chi connectivity index (χ0v) is 8.20. The lowest BCUT2D eigenvalue weighted by Crippen LogP contribution is -2.03. The first-order valence-corrected chi connectivity index (χ1v) is 4.60. The lowest BCUT2D eigenvalue weighted by atomic mass is 10.1. The first-order chi connectivity index (χ1) is 5.79. The molecule has 0 aliphatic carbocycles. The average molecular weight is 168 g/mol. The van der Waals surface area contributed by atoms with Crippen molar-refractivity contribution in [1.82, 2.24) is 0 Å². The highest BCUT2D eigenvalue weighted by Crippen LogP contribution is 2.14. The third kappa shape index (κ3) is 1.16. The molecule has 12 heavy (non-hydrogen) atoms. The van der Waals surface area contributed by atoms with Crippen molar-refractivity contribution in [3.63, 3.8) is 0 Å². The fourth-order valence-electron chi connectivity index (χ4n) is 1.47. The van der Waals surface area contributed by atoms with Crippen LogP contribution in [0.3, 0.4) is 0 Å². The van der Waals surface area contributed by atoms with E-state index in [1.54, 1.807) is 0 Å². The Morgan fingerprint density at radius 1 is 0.917 bits per heavy atom. The van der Waals surface area contributed by atoms with Crippen LogP contribution in [0, 0.1) is 6.92 Å². The van der Waals surface area contributed by atoms with E-state index in [0.717, 1.165) is 0 Å². The van der Waals surface area contributed by atoms with Gasteiger partial charge in [-0.3, -0.25) is 0 Å². The van der Waals surface area contributed by atoms with Gasteiger partial charge < -0.3 is 0 Å². The van der Waals surface area contributed by atoms with Gasteiger partial charge in [0.15, 0.2) is 16.3 Å². The molecule has 0 heterocycles. The fraction of sp³-hybridized carbons (Fsp3) is 0.0909. The van der Waals surface area contributed by atoms with Crippen molar-refractivity contribution in [2.24, 2.45) is 0 Å². The Morgan fingerprint density at radius 3 is 2.25 bits per heavy atom. The molecule has 1 heteroatoms. The predicted octanol–water partition coefficient (Wildman–Crippen LogP) is 1.94. The highest BCUT2D eigenvalue weighted by molar-refractivity contribution is 6.38. The summed E-state index contributed by atoms with van der Waals surface area (Å²) in [7, 11) is 0. The van der Waals surface area contributed by atoms with Crippen molar-refractivity contribution >= 4 is 31.5 Å². The van der Waals surface area contributed by atoms with Gasteiger partial charge in [-0.05, 0) is 23.3 Å². The molecule has 0 nitrogen and oxygen atoms in total. The van der Waals surface area contributed by atoms with E-state index in [1.165, 1.54) is 20.8 Å². The van der Waals surface area contributed by atoms with Crippen molar-refractivity contribution in [2.75, 3.05) is 0 Å². The molecule has 0 saturated carbocycles. The van der Waals surface area contributed by atoms with E-state index in [4.69, 9.17) is 0 Å². The van der Waals surface area contributed by atoms with Gasteiger partial charge in [0.05, 0.1) is 0 Å². The molecule has 0 fully saturated rings. The van der Waals surface area contributed by atoms with Gasteiger partial charge >= 0.3 is 0 Å². The van der Waals surface area contributed by atoms with Crippen LogP contribution in [0.1, 0.15) is 5.56 Å². The average Bonchev–Trinajstić information content (AvgIpc) is 2.12. The number of aryl methyl sites for hydroxylation is 1. The van der Waals surface area contributed by atoms with Crippen molar-refractivity contribution in [3.8, 4) is 0 Å². The smallest absolute Gasteiger partial charge is 0.131 e. The van der Waals surface area contributed by atoms with E-state index in [1.807, 2.05) is 0 Å². The van der Waals surface area contributed by atoms with E-state index in [-0.39, 0.29) is 0 Å². The highest BCUT2D eigenvalue weighted by Gasteiger charge is 1.96. The number of benzene rings is 2. The molecule has 0 saturated heterocycles. The van der Waals surface area contributed by atoms with Gasteiger partial charge in [0.25, 0.3) is 0 Å². The zero-order valence-electron chi connectivity index (χ0n) is 7.04. The van der Waals surface area contributed by atoms with Gasteiger partial charge in [0, 0.05) is 0 Å². The van der Waals surface area contributed by atoms with E-state index in [0.29, 0.717) is 0 Å². The molecule has 0 atom stereocenters. The molecule has 2 radical (unpaired) electrons. The maximum atomic E-state index is 2.77. The summed E-state index contributed by atoms with van der Waals surface area (Å²) in [6.45, 7) is 2.15. The van der Waals surface area contributed by atoms with Crippen molar-refractivity contribution < 1.29 is 0 Å². The number of fused-ring (bicyclic) bond motifs is 1. The van der Waals surface area contributed by atoms with Crippen LogP contribution in [0.5, 0.6) is 0 Å². The summed E-state index contributed by atoms with van der Waals surface area (Å²) in [4.78, 5) is 0. The van der Waals surface area contributed by atoms with E-state index < -0.39 is 0 Å². The summed E-state index contributed by atoms with van der Waals surface area (Å²) < 4.78 is 1.27. The molecular weight excluding hydrogens is 159 g/mol. The van der Waals surface area contributed by atoms with Crippen LogP contribution in [-0.2, 0) is 0 Å². The number of hydrogen-bond acceptors (Lipinski definition) is 0. The number of rotatable bonds is 0. The molecule has 0 amide bonds. The Hall–Kier alpha value is -0.768. The Labute approximate surface area is 80.6 Å². The molecule has 0 aliphatic rings. The molecule has 0 aromatic heterocycles. The summed E-state index contributed by atoms with van der Waals surface area (Å²) in [5, 5.41) is 2.69. The van der Waals surface area contributed by atoms with Gasteiger partial charge in [-0.1, -0.05) is 36.4 Å². The van der Waals surface area contributed by atoms with Crippen molar-refractivity contribution in [2.45, 2.75) is 6.92 Å². The summed E-state index contributed by atoms with van der Waals surface area (Å²) in [5.41, 5.74) is 1.34. The maximum absolute atomic E-state index is 2.77. The fourth-order valence-corrected chi connectivity index (χ4v) is 1.82. The first kappa shape index (κ1) is 7.86. The number of hydrogen-bond donors (Lipinski definition) is 0. The molecule has 2 aromatic carbocycles. The van der Waals surface area contributed by atoms with Crippen LogP contribution >= 0.6 is 0 Å². The lowest BCUT2D eigenvalue weighted by Gasteiger charge is -2.04. The quantitative estimate of drug-likeness (QED) is 0.527. The summed E-state index contributed by atoms with van der Waals surface area (Å²) in [6.07, 6.45) is 0. The SMILES string of the molecule is Cc1cc[c]([Al])c2ccccc12. The topological polar surface area (TPSA) is 0 Å². The van der Waals surface area contributed by atoms with Gasteiger partial charge in [0.1, 0.15) is 0 Å². The van der Waals surface area contributed by atoms with Gasteiger partial charge in [-0.25, -0.2) is 0 Å². The second kappa shape index (κ2) is 2.94. The molecule has 56 valence electrons. The minimum atomic E-state index is 1.27. The van der Waals surface area contributed by atoms with Gasteiger partial charge in [-0.2, -0.15) is 0 Å². The molecule has 2 aromatic rings. The maximum Gasteiger partial charge on any atom is 0.176 e. The van der Waals surface area contributed by atoms with Crippen LogP contribution in [-0.4, -0.2) is 16.3 Å². The lowest BCUT2D eigenvalue weighted by molar-refractivity contribution is 1.54. The third-order valence-corrected chi connectivity index (χ3v) is 2.68. The van der Waals surface area contributed by atoms with E-state index in [9.17, 15) is 0 Å².